The van der Waals surface area contributed by atoms with Crippen molar-refractivity contribution in [2.45, 2.75) is 19.3 Å². The molecule has 6 nitrogen and oxygen atoms in total. The van der Waals surface area contributed by atoms with E-state index in [1.54, 1.807) is 35.2 Å². The summed E-state index contributed by atoms with van der Waals surface area (Å²) < 4.78 is 14.0. The van der Waals surface area contributed by atoms with Crippen molar-refractivity contribution in [3.05, 3.63) is 76.6 Å². The van der Waals surface area contributed by atoms with Crippen LogP contribution in [0.5, 0.6) is 0 Å². The van der Waals surface area contributed by atoms with Gasteiger partial charge in [0, 0.05) is 24.2 Å². The second-order valence-electron chi connectivity index (χ2n) is 7.13. The standard InChI is InChI=1S/C23H19FN4O2/c24-19-11-5-4-10-17(19)22(29)27-21-16-9-3-2-8-15(16)20(26-21)18(14-25)23(30)28-12-6-1-7-13-28/h2-5,8-11H,1,6-7,12-13H2,(H,26,27,29)/b20-18-. The highest BCUT2D eigenvalue weighted by molar-refractivity contribution is 6.20. The molecular formula is C23H19FN4O2. The number of hydrogen-bond donors (Lipinski definition) is 1. The van der Waals surface area contributed by atoms with Gasteiger partial charge < -0.3 is 10.2 Å². The van der Waals surface area contributed by atoms with Gasteiger partial charge in [0.1, 0.15) is 23.3 Å². The first-order valence-corrected chi connectivity index (χ1v) is 9.78. The Hall–Kier alpha value is -3.79. The fraction of sp³-hybridized carbons (Fsp3) is 0.217. The average molecular weight is 402 g/mol. The smallest absolute Gasteiger partial charge is 0.266 e. The quantitative estimate of drug-likeness (QED) is 0.618. The summed E-state index contributed by atoms with van der Waals surface area (Å²) in [6.07, 6.45) is 2.88. The number of amidine groups is 1. The molecule has 2 aliphatic heterocycles. The fourth-order valence-corrected chi connectivity index (χ4v) is 3.69. The molecule has 1 fully saturated rings. The molecule has 4 rings (SSSR count). The highest BCUT2D eigenvalue weighted by Crippen LogP contribution is 2.31. The molecule has 30 heavy (non-hydrogen) atoms. The number of nitrogens with zero attached hydrogens (tertiary/aromatic N) is 3. The minimum atomic E-state index is -0.649. The molecule has 2 aliphatic rings. The van der Waals surface area contributed by atoms with E-state index in [1.807, 2.05) is 6.07 Å². The monoisotopic (exact) mass is 402 g/mol. The van der Waals surface area contributed by atoms with E-state index >= 15 is 0 Å². The Labute approximate surface area is 173 Å². The first kappa shape index (κ1) is 19.5. The van der Waals surface area contributed by atoms with Crippen LogP contribution in [0, 0.1) is 17.1 Å². The van der Waals surface area contributed by atoms with E-state index in [2.05, 4.69) is 10.3 Å². The Morgan fingerprint density at radius 1 is 1.00 bits per heavy atom. The van der Waals surface area contributed by atoms with E-state index in [0.717, 1.165) is 19.3 Å². The minimum absolute atomic E-state index is 0.0560. The molecule has 0 spiro atoms. The zero-order chi connectivity index (χ0) is 21.1. The number of aliphatic imine (C=N–C) groups is 1. The maximum atomic E-state index is 14.0. The predicted molar refractivity (Wildman–Crippen MR) is 110 cm³/mol. The third-order valence-electron chi connectivity index (χ3n) is 5.22. The molecule has 2 heterocycles. The lowest BCUT2D eigenvalue weighted by Crippen LogP contribution is -2.36. The molecule has 0 aliphatic carbocycles. The van der Waals surface area contributed by atoms with E-state index in [1.165, 1.54) is 18.2 Å². The molecule has 0 atom stereocenters. The molecule has 2 aromatic rings. The number of benzene rings is 2. The van der Waals surface area contributed by atoms with E-state index in [-0.39, 0.29) is 28.6 Å². The molecule has 0 aromatic heterocycles. The third kappa shape index (κ3) is 3.60. The van der Waals surface area contributed by atoms with Crippen LogP contribution in [0.2, 0.25) is 0 Å². The summed E-state index contributed by atoms with van der Waals surface area (Å²) in [5, 5.41) is 12.4. The molecule has 0 unspecified atom stereocenters. The van der Waals surface area contributed by atoms with Crippen LogP contribution in [-0.2, 0) is 4.79 Å². The summed E-state index contributed by atoms with van der Waals surface area (Å²) in [6, 6.07) is 14.7. The Balaban J connectivity index is 1.72. The summed E-state index contributed by atoms with van der Waals surface area (Å²) >= 11 is 0. The molecule has 150 valence electrons. The second-order valence-corrected chi connectivity index (χ2v) is 7.13. The van der Waals surface area contributed by atoms with Crippen molar-refractivity contribution < 1.29 is 14.0 Å². The van der Waals surface area contributed by atoms with Gasteiger partial charge in [-0.1, -0.05) is 36.4 Å². The molecule has 1 saturated heterocycles. The van der Waals surface area contributed by atoms with Crippen LogP contribution in [0.15, 0.2) is 59.1 Å². The average Bonchev–Trinajstić information content (AvgIpc) is 3.13. The van der Waals surface area contributed by atoms with Gasteiger partial charge in [-0.05, 0) is 31.4 Å². The zero-order valence-electron chi connectivity index (χ0n) is 16.2. The van der Waals surface area contributed by atoms with Crippen molar-refractivity contribution in [3.63, 3.8) is 0 Å². The number of fused-ring (bicyclic) bond motifs is 1. The highest BCUT2D eigenvalue weighted by Gasteiger charge is 2.30. The summed E-state index contributed by atoms with van der Waals surface area (Å²) in [5.74, 6) is -1.46. The maximum absolute atomic E-state index is 14.0. The van der Waals surface area contributed by atoms with Gasteiger partial charge in [0.15, 0.2) is 0 Å². The molecule has 2 amide bonds. The summed E-state index contributed by atoms with van der Waals surface area (Å²) in [6.45, 7) is 1.22. The Kier molecular flexibility index (Phi) is 5.40. The summed E-state index contributed by atoms with van der Waals surface area (Å²) in [7, 11) is 0. The van der Waals surface area contributed by atoms with Crippen molar-refractivity contribution in [3.8, 4) is 6.07 Å². The van der Waals surface area contributed by atoms with Gasteiger partial charge >= 0.3 is 0 Å². The normalized spacial score (nSPS) is 16.9. The van der Waals surface area contributed by atoms with Crippen LogP contribution in [0.25, 0.3) is 5.70 Å². The number of carbonyl (C=O) groups excluding carboxylic acids is 2. The number of carbonyl (C=O) groups is 2. The fourth-order valence-electron chi connectivity index (χ4n) is 3.69. The number of piperidine rings is 1. The van der Waals surface area contributed by atoms with Crippen molar-refractivity contribution >= 4 is 23.3 Å². The van der Waals surface area contributed by atoms with Crippen LogP contribution in [0.3, 0.4) is 0 Å². The van der Waals surface area contributed by atoms with Gasteiger partial charge in [0.2, 0.25) is 0 Å². The molecular weight excluding hydrogens is 383 g/mol. The van der Waals surface area contributed by atoms with E-state index < -0.39 is 11.7 Å². The SMILES string of the molecule is N#C/C(C(=O)N1CCCCC1)=C1/N=C(NC(=O)c2ccccc2F)c2ccccc21. The molecule has 1 N–H and O–H groups in total. The first-order chi connectivity index (χ1) is 14.6. The number of nitrogens with one attached hydrogen (secondary N) is 1. The first-order valence-electron chi connectivity index (χ1n) is 9.78. The van der Waals surface area contributed by atoms with Crippen LogP contribution in [0.1, 0.15) is 40.7 Å². The lowest BCUT2D eigenvalue weighted by molar-refractivity contribution is -0.127. The summed E-state index contributed by atoms with van der Waals surface area (Å²) in [5.41, 5.74) is 1.23. The molecule has 0 saturated carbocycles. The second kappa shape index (κ2) is 8.29. The summed E-state index contributed by atoms with van der Waals surface area (Å²) in [4.78, 5) is 31.6. The number of nitriles is 1. The Bertz CT molecular complexity index is 1120. The molecule has 0 radical (unpaired) electrons. The van der Waals surface area contributed by atoms with E-state index in [4.69, 9.17) is 0 Å². The van der Waals surface area contributed by atoms with Gasteiger partial charge in [-0.25, -0.2) is 9.38 Å². The minimum Gasteiger partial charge on any atom is -0.338 e. The van der Waals surface area contributed by atoms with Gasteiger partial charge in [-0.3, -0.25) is 9.59 Å². The lowest BCUT2D eigenvalue weighted by Gasteiger charge is -2.26. The van der Waals surface area contributed by atoms with E-state index in [9.17, 15) is 19.2 Å². The highest BCUT2D eigenvalue weighted by atomic mass is 19.1. The molecule has 2 aromatic carbocycles. The van der Waals surface area contributed by atoms with Crippen molar-refractivity contribution in [2.75, 3.05) is 13.1 Å². The zero-order valence-corrected chi connectivity index (χ0v) is 16.2. The van der Waals surface area contributed by atoms with Crippen molar-refractivity contribution in [1.29, 1.82) is 5.26 Å². The van der Waals surface area contributed by atoms with Gasteiger partial charge in [-0.2, -0.15) is 5.26 Å². The molecule has 0 bridgehead atoms. The topological polar surface area (TPSA) is 85.6 Å². The third-order valence-corrected chi connectivity index (χ3v) is 5.22. The van der Waals surface area contributed by atoms with Gasteiger partial charge in [0.05, 0.1) is 11.3 Å². The predicted octanol–water partition coefficient (Wildman–Crippen LogP) is 3.26. The van der Waals surface area contributed by atoms with Gasteiger partial charge in [0.25, 0.3) is 11.8 Å². The number of halogens is 1. The lowest BCUT2D eigenvalue weighted by atomic mass is 10.0. The Morgan fingerprint density at radius 2 is 1.67 bits per heavy atom. The number of rotatable bonds is 2. The van der Waals surface area contributed by atoms with Crippen molar-refractivity contribution in [1.82, 2.24) is 10.2 Å². The Morgan fingerprint density at radius 3 is 2.37 bits per heavy atom. The van der Waals surface area contributed by atoms with Crippen molar-refractivity contribution in [2.24, 2.45) is 4.99 Å². The van der Waals surface area contributed by atoms with Crippen LogP contribution in [0.4, 0.5) is 4.39 Å². The van der Waals surface area contributed by atoms with Crippen LogP contribution < -0.4 is 5.32 Å². The van der Waals surface area contributed by atoms with Crippen LogP contribution >= 0.6 is 0 Å². The van der Waals surface area contributed by atoms with Gasteiger partial charge in [-0.15, -0.1) is 0 Å². The largest absolute Gasteiger partial charge is 0.338 e. The number of hydrogen-bond acceptors (Lipinski definition) is 4. The van der Waals surface area contributed by atoms with E-state index in [0.29, 0.717) is 24.2 Å². The maximum Gasteiger partial charge on any atom is 0.266 e. The van der Waals surface area contributed by atoms with Crippen LogP contribution in [-0.4, -0.2) is 35.6 Å². The number of likely N-dealkylation sites (tertiary alicyclic amines) is 1. The number of amides is 2. The molecule has 7 heteroatoms.